The molecule has 4 amide bonds. The molecule has 0 radical (unpaired) electrons. The molecule has 7 heteroatoms. The molecule has 0 spiro atoms. The van der Waals surface area contributed by atoms with Gasteiger partial charge in [-0.05, 0) is 48.2 Å². The smallest absolute Gasteiger partial charge is 0.324 e. The molecule has 0 atom stereocenters. The normalized spacial score (nSPS) is 17.8. The van der Waals surface area contributed by atoms with Crippen molar-refractivity contribution in [3.05, 3.63) is 64.1 Å². The van der Waals surface area contributed by atoms with Crippen LogP contribution >= 0.6 is 15.9 Å². The molecule has 28 heavy (non-hydrogen) atoms. The zero-order chi connectivity index (χ0) is 19.7. The minimum atomic E-state index is -0.499. The zero-order valence-electron chi connectivity index (χ0n) is 15.2. The molecule has 1 heterocycles. The standard InChI is InChI=1S/C21H20BrN3O3/c22-16-7-5-15(6-8-16)21(9-2-10-21)19(27)24-17-4-1-3-14(11-17)13-25-18(26)12-23-20(25)28/h1,3-8,11H,2,9-10,12-13H2,(H,23,28)(H,24,27). The van der Waals surface area contributed by atoms with Crippen molar-refractivity contribution < 1.29 is 14.4 Å². The van der Waals surface area contributed by atoms with Gasteiger partial charge in [0.25, 0.3) is 0 Å². The van der Waals surface area contributed by atoms with Crippen molar-refractivity contribution in [2.24, 2.45) is 0 Å². The van der Waals surface area contributed by atoms with Gasteiger partial charge < -0.3 is 10.6 Å². The summed E-state index contributed by atoms with van der Waals surface area (Å²) in [5.74, 6) is -0.267. The van der Waals surface area contributed by atoms with Gasteiger partial charge in [0.1, 0.15) is 0 Å². The van der Waals surface area contributed by atoms with Gasteiger partial charge in [0.05, 0.1) is 18.5 Å². The predicted molar refractivity (Wildman–Crippen MR) is 109 cm³/mol. The second-order valence-electron chi connectivity index (χ2n) is 7.24. The summed E-state index contributed by atoms with van der Waals surface area (Å²) < 4.78 is 0.985. The molecule has 2 aromatic rings. The van der Waals surface area contributed by atoms with Crippen LogP contribution in [0.4, 0.5) is 10.5 Å². The van der Waals surface area contributed by atoms with E-state index in [0.29, 0.717) is 5.69 Å². The Kier molecular flexibility index (Phi) is 4.93. The highest BCUT2D eigenvalue weighted by molar-refractivity contribution is 9.10. The molecule has 1 saturated heterocycles. The number of nitrogens with one attached hydrogen (secondary N) is 2. The number of urea groups is 1. The molecule has 1 aliphatic heterocycles. The van der Waals surface area contributed by atoms with Crippen molar-refractivity contribution in [2.45, 2.75) is 31.2 Å². The van der Waals surface area contributed by atoms with Crippen LogP contribution in [-0.4, -0.2) is 29.3 Å². The quantitative estimate of drug-likeness (QED) is 0.696. The fourth-order valence-electron chi connectivity index (χ4n) is 3.74. The van der Waals surface area contributed by atoms with Gasteiger partial charge in [-0.3, -0.25) is 14.5 Å². The lowest BCUT2D eigenvalue weighted by atomic mass is 9.64. The van der Waals surface area contributed by atoms with Crippen LogP contribution in [0.15, 0.2) is 53.0 Å². The number of carbonyl (C=O) groups excluding carboxylic acids is 3. The molecule has 144 valence electrons. The van der Waals surface area contributed by atoms with Crippen molar-refractivity contribution >= 4 is 39.5 Å². The first-order chi connectivity index (χ1) is 13.5. The molecule has 2 fully saturated rings. The van der Waals surface area contributed by atoms with Crippen LogP contribution in [0.3, 0.4) is 0 Å². The molecule has 1 aliphatic carbocycles. The van der Waals surface area contributed by atoms with Crippen LogP contribution in [0.1, 0.15) is 30.4 Å². The summed E-state index contributed by atoms with van der Waals surface area (Å²) in [5, 5.41) is 5.54. The molecular weight excluding hydrogens is 422 g/mol. The minimum Gasteiger partial charge on any atom is -0.329 e. The third-order valence-corrected chi connectivity index (χ3v) is 6.03. The largest absolute Gasteiger partial charge is 0.329 e. The molecule has 2 aliphatic rings. The Morgan fingerprint density at radius 2 is 1.89 bits per heavy atom. The zero-order valence-corrected chi connectivity index (χ0v) is 16.8. The monoisotopic (exact) mass is 441 g/mol. The number of anilines is 1. The average molecular weight is 442 g/mol. The van der Waals surface area contributed by atoms with Crippen LogP contribution in [0.25, 0.3) is 0 Å². The lowest BCUT2D eigenvalue weighted by Gasteiger charge is -2.40. The molecule has 0 unspecified atom stereocenters. The third-order valence-electron chi connectivity index (χ3n) is 5.50. The molecule has 1 saturated carbocycles. The summed E-state index contributed by atoms with van der Waals surface area (Å²) in [6.45, 7) is 0.219. The van der Waals surface area contributed by atoms with E-state index in [0.717, 1.165) is 34.9 Å². The number of carbonyl (C=O) groups is 3. The maximum absolute atomic E-state index is 13.1. The van der Waals surface area contributed by atoms with Crippen LogP contribution in [0.5, 0.6) is 0 Å². The van der Waals surface area contributed by atoms with Gasteiger partial charge in [-0.1, -0.05) is 46.6 Å². The number of amides is 4. The first-order valence-corrected chi connectivity index (χ1v) is 10.0. The van der Waals surface area contributed by atoms with E-state index in [9.17, 15) is 14.4 Å². The SMILES string of the molecule is O=C1CNC(=O)N1Cc1cccc(NC(=O)C2(c3ccc(Br)cc3)CCC2)c1. The molecule has 4 rings (SSSR count). The van der Waals surface area contributed by atoms with Crippen molar-refractivity contribution in [2.75, 3.05) is 11.9 Å². The van der Waals surface area contributed by atoms with E-state index in [4.69, 9.17) is 0 Å². The van der Waals surface area contributed by atoms with Crippen LogP contribution in [0.2, 0.25) is 0 Å². The van der Waals surface area contributed by atoms with Gasteiger partial charge in [-0.2, -0.15) is 0 Å². The Morgan fingerprint density at radius 3 is 2.50 bits per heavy atom. The van der Waals surface area contributed by atoms with Gasteiger partial charge in [0.2, 0.25) is 11.8 Å². The molecule has 2 aromatic carbocycles. The average Bonchev–Trinajstić information content (AvgIpc) is 2.95. The lowest BCUT2D eigenvalue weighted by Crippen LogP contribution is -2.46. The molecule has 0 aromatic heterocycles. The van der Waals surface area contributed by atoms with Crippen molar-refractivity contribution in [1.29, 1.82) is 0 Å². The Balaban J connectivity index is 1.51. The van der Waals surface area contributed by atoms with Gasteiger partial charge in [-0.15, -0.1) is 0 Å². The second kappa shape index (κ2) is 7.39. The number of imide groups is 1. The molecule has 6 nitrogen and oxygen atoms in total. The second-order valence-corrected chi connectivity index (χ2v) is 8.15. The van der Waals surface area contributed by atoms with Crippen LogP contribution in [0, 0.1) is 0 Å². The van der Waals surface area contributed by atoms with Crippen LogP contribution in [-0.2, 0) is 21.5 Å². The molecule has 2 N–H and O–H groups in total. The maximum Gasteiger partial charge on any atom is 0.324 e. The Labute approximate surface area is 171 Å². The molecular formula is C21H20BrN3O3. The number of rotatable bonds is 5. The molecule has 0 bridgehead atoms. The van der Waals surface area contributed by atoms with E-state index in [1.165, 1.54) is 4.90 Å². The summed E-state index contributed by atoms with van der Waals surface area (Å²) in [6, 6.07) is 14.8. The highest BCUT2D eigenvalue weighted by Crippen LogP contribution is 2.44. The number of halogens is 1. The van der Waals surface area contributed by atoms with Crippen molar-refractivity contribution in [3.63, 3.8) is 0 Å². The summed E-state index contributed by atoms with van der Waals surface area (Å²) >= 11 is 3.44. The number of nitrogens with zero attached hydrogens (tertiary/aromatic N) is 1. The van der Waals surface area contributed by atoms with Crippen molar-refractivity contribution in [1.82, 2.24) is 10.2 Å². The first-order valence-electron chi connectivity index (χ1n) is 9.23. The summed E-state index contributed by atoms with van der Waals surface area (Å²) in [5.41, 5.74) is 1.98. The maximum atomic E-state index is 13.1. The number of hydrogen-bond acceptors (Lipinski definition) is 3. The fraction of sp³-hybridized carbons (Fsp3) is 0.286. The highest BCUT2D eigenvalue weighted by Gasteiger charge is 2.45. The third kappa shape index (κ3) is 3.42. The summed E-state index contributed by atoms with van der Waals surface area (Å²) in [7, 11) is 0. The van der Waals surface area contributed by atoms with E-state index in [-0.39, 0.29) is 30.9 Å². The summed E-state index contributed by atoms with van der Waals surface area (Å²) in [4.78, 5) is 37.8. The predicted octanol–water partition coefficient (Wildman–Crippen LogP) is 3.56. The van der Waals surface area contributed by atoms with E-state index in [1.54, 1.807) is 0 Å². The van der Waals surface area contributed by atoms with E-state index >= 15 is 0 Å². The van der Waals surface area contributed by atoms with Gasteiger partial charge in [-0.25, -0.2) is 4.79 Å². The highest BCUT2D eigenvalue weighted by atomic mass is 79.9. The van der Waals surface area contributed by atoms with Gasteiger partial charge >= 0.3 is 6.03 Å². The minimum absolute atomic E-state index is 0.0202. The number of hydrogen-bond donors (Lipinski definition) is 2. The van der Waals surface area contributed by atoms with Crippen LogP contribution < -0.4 is 10.6 Å². The first kappa shape index (κ1) is 18.7. The Morgan fingerprint density at radius 1 is 1.14 bits per heavy atom. The Bertz CT molecular complexity index is 922. The lowest BCUT2D eigenvalue weighted by molar-refractivity contribution is -0.125. The van der Waals surface area contributed by atoms with Gasteiger partial charge in [0.15, 0.2) is 0 Å². The fourth-order valence-corrected chi connectivity index (χ4v) is 4.01. The summed E-state index contributed by atoms with van der Waals surface area (Å²) in [6.07, 6.45) is 2.67. The van der Waals surface area contributed by atoms with Gasteiger partial charge in [0, 0.05) is 10.2 Å². The number of benzene rings is 2. The van der Waals surface area contributed by atoms with E-state index in [2.05, 4.69) is 26.6 Å². The van der Waals surface area contributed by atoms with E-state index < -0.39 is 5.41 Å². The van der Waals surface area contributed by atoms with E-state index in [1.807, 2.05) is 48.5 Å². The topological polar surface area (TPSA) is 78.5 Å². The Hall–Kier alpha value is -2.67. The van der Waals surface area contributed by atoms with Crippen molar-refractivity contribution in [3.8, 4) is 0 Å².